The molecule has 112 valence electrons. The molecule has 0 saturated carbocycles. The van der Waals surface area contributed by atoms with Gasteiger partial charge in [0.25, 0.3) is 5.75 Å². The van der Waals surface area contributed by atoms with E-state index in [1.165, 1.54) is 10.4 Å². The van der Waals surface area contributed by atoms with E-state index in [4.69, 9.17) is 9.84 Å². The predicted molar refractivity (Wildman–Crippen MR) is 88.2 cm³/mol. The van der Waals surface area contributed by atoms with Crippen LogP contribution in [0.4, 0.5) is 5.82 Å². The highest BCUT2D eigenvalue weighted by Crippen LogP contribution is 2.35. The number of hydrogen-bond donors (Lipinski definition) is 0. The Bertz CT molecular complexity index is 847. The van der Waals surface area contributed by atoms with Gasteiger partial charge in [-0.25, -0.2) is 9.97 Å². The van der Waals surface area contributed by atoms with Crippen LogP contribution in [-0.4, -0.2) is 28.7 Å². The van der Waals surface area contributed by atoms with Gasteiger partial charge in [-0.15, -0.1) is 11.3 Å². The Morgan fingerprint density at radius 2 is 2.23 bits per heavy atom. The van der Waals surface area contributed by atoms with Crippen molar-refractivity contribution in [2.24, 2.45) is 0 Å². The molecule has 0 radical (unpaired) electrons. The smallest absolute Gasteiger partial charge is 0.299 e. The molecule has 0 amide bonds. The third-order valence-electron chi connectivity index (χ3n) is 4.06. The SMILES string of the molecule is COc1cc2c(N3CCc4ccsc4C3)ncnc2cc1[OH2+]. The first-order chi connectivity index (χ1) is 10.8. The van der Waals surface area contributed by atoms with Gasteiger partial charge in [0.05, 0.1) is 25.2 Å². The zero-order valence-corrected chi connectivity index (χ0v) is 13.0. The van der Waals surface area contributed by atoms with E-state index in [0.29, 0.717) is 11.5 Å². The largest absolute Gasteiger partial charge is 0.591 e. The van der Waals surface area contributed by atoms with Crippen LogP contribution in [0.15, 0.2) is 29.9 Å². The number of thiophene rings is 1. The minimum atomic E-state index is 0.346. The molecule has 1 aliphatic rings. The van der Waals surface area contributed by atoms with Crippen molar-refractivity contribution < 1.29 is 9.84 Å². The number of nitrogens with zero attached hydrogens (tertiary/aromatic N) is 3. The lowest BCUT2D eigenvalue weighted by atomic mass is 10.1. The van der Waals surface area contributed by atoms with Crippen LogP contribution in [0.1, 0.15) is 10.4 Å². The number of anilines is 1. The van der Waals surface area contributed by atoms with E-state index in [-0.39, 0.29) is 0 Å². The number of methoxy groups -OCH3 is 1. The molecule has 5 nitrogen and oxygen atoms in total. The molecule has 0 unspecified atom stereocenters. The third-order valence-corrected chi connectivity index (χ3v) is 5.01. The van der Waals surface area contributed by atoms with Crippen LogP contribution < -0.4 is 9.64 Å². The highest BCUT2D eigenvalue weighted by atomic mass is 32.1. The zero-order valence-electron chi connectivity index (χ0n) is 12.2. The molecular formula is C16H16N3O2S+. The lowest BCUT2D eigenvalue weighted by Crippen LogP contribution is -2.30. The van der Waals surface area contributed by atoms with Crippen molar-refractivity contribution in [3.63, 3.8) is 0 Å². The molecule has 0 atom stereocenters. The van der Waals surface area contributed by atoms with E-state index in [0.717, 1.165) is 36.2 Å². The van der Waals surface area contributed by atoms with E-state index in [2.05, 4.69) is 26.3 Å². The highest BCUT2D eigenvalue weighted by molar-refractivity contribution is 7.10. The molecule has 3 heterocycles. The average Bonchev–Trinajstić information content (AvgIpc) is 3.01. The highest BCUT2D eigenvalue weighted by Gasteiger charge is 2.21. The molecule has 1 aliphatic heterocycles. The maximum absolute atomic E-state index is 7.95. The van der Waals surface area contributed by atoms with Gasteiger partial charge in [-0.3, -0.25) is 0 Å². The van der Waals surface area contributed by atoms with Crippen LogP contribution in [0, 0.1) is 0 Å². The summed E-state index contributed by atoms with van der Waals surface area (Å²) < 4.78 is 5.28. The molecule has 0 fully saturated rings. The van der Waals surface area contributed by atoms with Gasteiger partial charge in [0.2, 0.25) is 5.75 Å². The van der Waals surface area contributed by atoms with Gasteiger partial charge in [-0.1, -0.05) is 0 Å². The molecular weight excluding hydrogens is 298 g/mol. The molecule has 22 heavy (non-hydrogen) atoms. The number of fused-ring (bicyclic) bond motifs is 2. The number of hydrogen-bond acceptors (Lipinski definition) is 5. The lowest BCUT2D eigenvalue weighted by Gasteiger charge is -2.28. The van der Waals surface area contributed by atoms with Gasteiger partial charge in [0.1, 0.15) is 12.1 Å². The molecule has 2 aromatic heterocycles. The Morgan fingerprint density at radius 3 is 3.09 bits per heavy atom. The summed E-state index contributed by atoms with van der Waals surface area (Å²) in [4.78, 5) is 12.5. The van der Waals surface area contributed by atoms with Crippen LogP contribution in [0.3, 0.4) is 0 Å². The van der Waals surface area contributed by atoms with Crippen LogP contribution >= 0.6 is 11.3 Å². The molecule has 0 spiro atoms. The minimum Gasteiger partial charge on any atom is -0.591 e. The fourth-order valence-electron chi connectivity index (χ4n) is 2.91. The predicted octanol–water partition coefficient (Wildman–Crippen LogP) is 2.70. The fraction of sp³-hybridized carbons (Fsp3) is 0.250. The summed E-state index contributed by atoms with van der Waals surface area (Å²) in [6.07, 6.45) is 2.62. The van der Waals surface area contributed by atoms with Crippen molar-refractivity contribution >= 4 is 28.1 Å². The first-order valence-electron chi connectivity index (χ1n) is 7.11. The van der Waals surface area contributed by atoms with Gasteiger partial charge >= 0.3 is 0 Å². The van der Waals surface area contributed by atoms with E-state index in [9.17, 15) is 0 Å². The maximum atomic E-state index is 7.95. The summed E-state index contributed by atoms with van der Waals surface area (Å²) >= 11 is 1.80. The second-order valence-corrected chi connectivity index (χ2v) is 6.31. The number of benzene rings is 1. The summed E-state index contributed by atoms with van der Waals surface area (Å²) in [6, 6.07) is 5.82. The van der Waals surface area contributed by atoms with E-state index in [1.807, 2.05) is 6.07 Å². The number of aromatic nitrogens is 2. The molecule has 2 N–H and O–H groups in total. The summed E-state index contributed by atoms with van der Waals surface area (Å²) in [5, 5.41) is 11.0. The average molecular weight is 314 g/mol. The summed E-state index contributed by atoms with van der Waals surface area (Å²) in [5.41, 5.74) is 2.23. The Morgan fingerprint density at radius 1 is 1.32 bits per heavy atom. The zero-order chi connectivity index (χ0) is 15.1. The number of ether oxygens (including phenoxy) is 1. The quantitative estimate of drug-likeness (QED) is 0.682. The summed E-state index contributed by atoms with van der Waals surface area (Å²) in [7, 11) is 1.58. The molecule has 3 aromatic rings. The van der Waals surface area contributed by atoms with Crippen LogP contribution in [0.25, 0.3) is 10.9 Å². The Balaban J connectivity index is 1.82. The van der Waals surface area contributed by atoms with Gasteiger partial charge < -0.3 is 14.7 Å². The van der Waals surface area contributed by atoms with E-state index < -0.39 is 0 Å². The molecule has 6 heteroatoms. The molecule has 4 rings (SSSR count). The maximum Gasteiger partial charge on any atom is 0.299 e. The molecule has 0 bridgehead atoms. The second-order valence-electron chi connectivity index (χ2n) is 5.31. The topological polar surface area (TPSA) is 61.1 Å². The van der Waals surface area contributed by atoms with Crippen molar-refractivity contribution in [1.29, 1.82) is 0 Å². The van der Waals surface area contributed by atoms with Gasteiger partial charge in [-0.05, 0) is 23.4 Å². The summed E-state index contributed by atoms with van der Waals surface area (Å²) in [6.45, 7) is 1.82. The molecule has 1 aromatic carbocycles. The van der Waals surface area contributed by atoms with Gasteiger partial charge in [0, 0.05) is 22.9 Å². The molecule has 0 aliphatic carbocycles. The van der Waals surface area contributed by atoms with Crippen LogP contribution in [0.5, 0.6) is 11.5 Å². The van der Waals surface area contributed by atoms with Crippen molar-refractivity contribution in [1.82, 2.24) is 9.97 Å². The number of rotatable bonds is 2. The van der Waals surface area contributed by atoms with Crippen molar-refractivity contribution in [2.45, 2.75) is 13.0 Å². The van der Waals surface area contributed by atoms with Crippen molar-refractivity contribution in [3.8, 4) is 11.5 Å². The van der Waals surface area contributed by atoms with Crippen molar-refractivity contribution in [2.75, 3.05) is 18.6 Å². The minimum absolute atomic E-state index is 0.346. The van der Waals surface area contributed by atoms with Crippen LogP contribution in [0.2, 0.25) is 0 Å². The first kappa shape index (κ1) is 13.3. The first-order valence-corrected chi connectivity index (χ1v) is 7.99. The fourth-order valence-corrected chi connectivity index (χ4v) is 3.86. The standard InChI is InChI=1S/C16H15N3O2S/c1-21-14-6-11-12(7-13(14)20)17-9-18-16(11)19-4-2-10-3-5-22-15(10)8-19/h3,5-7,9,20H,2,4,8H2,1H3/p+1. The van der Waals surface area contributed by atoms with Gasteiger partial charge in [0.15, 0.2) is 0 Å². The van der Waals surface area contributed by atoms with Crippen molar-refractivity contribution in [3.05, 3.63) is 40.3 Å². The Hall–Kier alpha value is -2.34. The summed E-state index contributed by atoms with van der Waals surface area (Å²) in [5.74, 6) is 1.82. The van der Waals surface area contributed by atoms with Crippen LogP contribution in [-0.2, 0) is 13.0 Å². The van der Waals surface area contributed by atoms with Gasteiger partial charge in [-0.2, -0.15) is 0 Å². The van der Waals surface area contributed by atoms with E-state index >= 15 is 0 Å². The lowest BCUT2D eigenvalue weighted by molar-refractivity contribution is 0.374. The van der Waals surface area contributed by atoms with E-state index in [1.54, 1.807) is 30.8 Å². The Labute approximate surface area is 131 Å². The third kappa shape index (κ3) is 2.07. The normalized spacial score (nSPS) is 14.1. The monoisotopic (exact) mass is 314 g/mol. The molecule has 0 saturated heterocycles. The Kier molecular flexibility index (Phi) is 3.11. The second kappa shape index (κ2) is 5.14.